The maximum absolute atomic E-state index is 12.1. The second-order valence-electron chi connectivity index (χ2n) is 4.71. The van der Waals surface area contributed by atoms with Crippen molar-refractivity contribution in [2.45, 2.75) is 13.5 Å². The van der Waals surface area contributed by atoms with Crippen molar-refractivity contribution in [3.63, 3.8) is 0 Å². The van der Waals surface area contributed by atoms with Gasteiger partial charge in [0.25, 0.3) is 5.91 Å². The molecule has 0 unspecified atom stereocenters. The third-order valence-corrected chi connectivity index (χ3v) is 3.26. The molecule has 0 saturated carbocycles. The van der Waals surface area contributed by atoms with Gasteiger partial charge in [0, 0.05) is 11.1 Å². The van der Waals surface area contributed by atoms with Crippen molar-refractivity contribution in [1.29, 1.82) is 0 Å². The molecule has 0 aliphatic carbocycles. The third-order valence-electron chi connectivity index (χ3n) is 3.03. The number of benzene rings is 1. The van der Waals surface area contributed by atoms with Crippen LogP contribution in [0.15, 0.2) is 42.7 Å². The van der Waals surface area contributed by atoms with Crippen molar-refractivity contribution in [1.82, 2.24) is 0 Å². The highest BCUT2D eigenvalue weighted by molar-refractivity contribution is 6.31. The third kappa shape index (κ3) is 4.05. The molecule has 0 spiro atoms. The summed E-state index contributed by atoms with van der Waals surface area (Å²) < 4.78 is 6.82. The molecular formula is C16H16ClN2O3+. The van der Waals surface area contributed by atoms with E-state index in [2.05, 4.69) is 5.32 Å². The summed E-state index contributed by atoms with van der Waals surface area (Å²) in [7, 11) is 1.52. The molecule has 1 aromatic heterocycles. The van der Waals surface area contributed by atoms with E-state index < -0.39 is 0 Å². The maximum atomic E-state index is 12.1. The Bertz CT molecular complexity index is 716. The van der Waals surface area contributed by atoms with Crippen LogP contribution in [0.25, 0.3) is 0 Å². The quantitative estimate of drug-likeness (QED) is 0.680. The average molecular weight is 320 g/mol. The summed E-state index contributed by atoms with van der Waals surface area (Å²) >= 11 is 5.92. The smallest absolute Gasteiger partial charge is 0.290 e. The van der Waals surface area contributed by atoms with E-state index in [-0.39, 0.29) is 18.2 Å². The first-order valence-electron chi connectivity index (χ1n) is 6.63. The molecule has 0 atom stereocenters. The lowest BCUT2D eigenvalue weighted by Crippen LogP contribution is -2.40. The SMILES string of the molecule is COc1ccc(Cl)cc1NC(=O)C[n+]1cccc(C(C)=O)c1. The summed E-state index contributed by atoms with van der Waals surface area (Å²) in [5.41, 5.74) is 1.05. The molecule has 0 bridgehead atoms. The van der Waals surface area contributed by atoms with Crippen molar-refractivity contribution >= 4 is 29.0 Å². The highest BCUT2D eigenvalue weighted by Gasteiger charge is 2.14. The maximum Gasteiger partial charge on any atom is 0.290 e. The largest absolute Gasteiger partial charge is 0.495 e. The fraction of sp³-hybridized carbons (Fsp3) is 0.188. The first-order valence-corrected chi connectivity index (χ1v) is 7.01. The van der Waals surface area contributed by atoms with E-state index >= 15 is 0 Å². The highest BCUT2D eigenvalue weighted by atomic mass is 35.5. The monoisotopic (exact) mass is 319 g/mol. The Morgan fingerprint density at radius 1 is 1.32 bits per heavy atom. The molecule has 0 saturated heterocycles. The molecular weight excluding hydrogens is 304 g/mol. The predicted molar refractivity (Wildman–Crippen MR) is 83.3 cm³/mol. The number of hydrogen-bond donors (Lipinski definition) is 1. The van der Waals surface area contributed by atoms with Crippen LogP contribution >= 0.6 is 11.6 Å². The van der Waals surface area contributed by atoms with E-state index in [9.17, 15) is 9.59 Å². The molecule has 2 aromatic rings. The lowest BCUT2D eigenvalue weighted by molar-refractivity contribution is -0.684. The second-order valence-corrected chi connectivity index (χ2v) is 5.15. The van der Waals surface area contributed by atoms with Crippen LogP contribution in [0, 0.1) is 0 Å². The predicted octanol–water partition coefficient (Wildman–Crippen LogP) is 2.48. The first-order chi connectivity index (χ1) is 10.5. The Balaban J connectivity index is 2.12. The van der Waals surface area contributed by atoms with Crippen LogP contribution in [0.4, 0.5) is 5.69 Å². The van der Waals surface area contributed by atoms with Crippen molar-refractivity contribution in [3.05, 3.63) is 53.3 Å². The Morgan fingerprint density at radius 2 is 2.09 bits per heavy atom. The number of ketones is 1. The number of rotatable bonds is 5. The van der Waals surface area contributed by atoms with E-state index in [0.717, 1.165) is 0 Å². The van der Waals surface area contributed by atoms with Crippen LogP contribution in [0.2, 0.25) is 5.02 Å². The average Bonchev–Trinajstić information content (AvgIpc) is 2.47. The number of nitrogens with zero attached hydrogens (tertiary/aromatic N) is 1. The molecule has 5 nitrogen and oxygen atoms in total. The molecule has 22 heavy (non-hydrogen) atoms. The van der Waals surface area contributed by atoms with Gasteiger partial charge in [-0.05, 0) is 31.2 Å². The van der Waals surface area contributed by atoms with Gasteiger partial charge in [-0.1, -0.05) is 11.6 Å². The normalized spacial score (nSPS) is 10.1. The fourth-order valence-electron chi connectivity index (χ4n) is 1.96. The van der Waals surface area contributed by atoms with Gasteiger partial charge in [-0.3, -0.25) is 9.59 Å². The first kappa shape index (κ1) is 16.0. The number of anilines is 1. The summed E-state index contributed by atoms with van der Waals surface area (Å²) in [6, 6.07) is 8.41. The van der Waals surface area contributed by atoms with Crippen LogP contribution in [0.3, 0.4) is 0 Å². The van der Waals surface area contributed by atoms with Crippen LogP contribution in [-0.2, 0) is 11.3 Å². The van der Waals surface area contributed by atoms with E-state index in [1.807, 2.05) is 0 Å². The van der Waals surface area contributed by atoms with Crippen LogP contribution in [0.5, 0.6) is 5.75 Å². The standard InChI is InChI=1S/C16H15ClN2O3/c1-11(20)12-4-3-7-19(9-12)10-16(21)18-14-8-13(17)5-6-15(14)22-2/h3-9H,10H2,1-2H3/p+1. The van der Waals surface area contributed by atoms with Gasteiger partial charge < -0.3 is 10.1 Å². The Labute approximate surface area is 133 Å². The lowest BCUT2D eigenvalue weighted by atomic mass is 10.2. The minimum Gasteiger partial charge on any atom is -0.495 e. The van der Waals surface area contributed by atoms with Crippen molar-refractivity contribution < 1.29 is 18.9 Å². The van der Waals surface area contributed by atoms with Crippen LogP contribution < -0.4 is 14.6 Å². The number of hydrogen-bond acceptors (Lipinski definition) is 3. The Morgan fingerprint density at radius 3 is 2.77 bits per heavy atom. The van der Waals surface area contributed by atoms with E-state index in [1.165, 1.54) is 14.0 Å². The summed E-state index contributed by atoms with van der Waals surface area (Å²) in [6.45, 7) is 1.56. The highest BCUT2D eigenvalue weighted by Crippen LogP contribution is 2.27. The molecule has 0 fully saturated rings. The zero-order valence-corrected chi connectivity index (χ0v) is 13.1. The molecule has 1 N–H and O–H groups in total. The zero-order chi connectivity index (χ0) is 16.1. The molecule has 2 rings (SSSR count). The van der Waals surface area contributed by atoms with Gasteiger partial charge in [0.2, 0.25) is 6.54 Å². The van der Waals surface area contributed by atoms with Gasteiger partial charge >= 0.3 is 0 Å². The number of ether oxygens (including phenoxy) is 1. The van der Waals surface area contributed by atoms with Crippen molar-refractivity contribution in [3.8, 4) is 5.75 Å². The van der Waals surface area contributed by atoms with Gasteiger partial charge in [-0.2, -0.15) is 4.57 Å². The fourth-order valence-corrected chi connectivity index (χ4v) is 2.13. The van der Waals surface area contributed by atoms with E-state index in [1.54, 1.807) is 47.3 Å². The molecule has 0 aliphatic rings. The number of methoxy groups -OCH3 is 1. The summed E-state index contributed by atoms with van der Waals surface area (Å²) in [5.74, 6) is 0.234. The molecule has 1 heterocycles. The number of aromatic nitrogens is 1. The minimum atomic E-state index is -0.244. The summed E-state index contributed by atoms with van der Waals surface area (Å²) in [6.07, 6.45) is 3.36. The van der Waals surface area contributed by atoms with Gasteiger partial charge in [-0.25, -0.2) is 0 Å². The molecule has 1 amide bonds. The van der Waals surface area contributed by atoms with Crippen LogP contribution in [0.1, 0.15) is 17.3 Å². The van der Waals surface area contributed by atoms with Crippen LogP contribution in [-0.4, -0.2) is 18.8 Å². The minimum absolute atomic E-state index is 0.0498. The van der Waals surface area contributed by atoms with Gasteiger partial charge in [0.05, 0.1) is 18.4 Å². The Hall–Kier alpha value is -2.40. The number of carbonyl (C=O) groups is 2. The van der Waals surface area contributed by atoms with Crippen molar-refractivity contribution in [2.24, 2.45) is 0 Å². The number of halogens is 1. The topological polar surface area (TPSA) is 59.3 Å². The summed E-state index contributed by atoms with van der Waals surface area (Å²) in [4.78, 5) is 23.5. The Kier molecular flexibility index (Phi) is 5.12. The molecule has 6 heteroatoms. The zero-order valence-electron chi connectivity index (χ0n) is 12.3. The number of pyridine rings is 1. The number of nitrogens with one attached hydrogen (secondary N) is 1. The van der Waals surface area contributed by atoms with Crippen molar-refractivity contribution in [2.75, 3.05) is 12.4 Å². The number of Topliss-reactive ketones (excluding diaryl/α,β-unsaturated/α-hetero) is 1. The molecule has 114 valence electrons. The summed E-state index contributed by atoms with van der Waals surface area (Å²) in [5, 5.41) is 3.25. The van der Waals surface area contributed by atoms with E-state index in [4.69, 9.17) is 16.3 Å². The lowest BCUT2D eigenvalue weighted by Gasteiger charge is -2.09. The van der Waals surface area contributed by atoms with Gasteiger partial charge in [0.15, 0.2) is 18.2 Å². The molecule has 0 aliphatic heterocycles. The molecule has 1 aromatic carbocycles. The number of amides is 1. The van der Waals surface area contributed by atoms with Gasteiger partial charge in [0.1, 0.15) is 5.75 Å². The molecule has 0 radical (unpaired) electrons. The van der Waals surface area contributed by atoms with Gasteiger partial charge in [-0.15, -0.1) is 0 Å². The van der Waals surface area contributed by atoms with E-state index in [0.29, 0.717) is 22.0 Å². The second kappa shape index (κ2) is 7.04. The number of carbonyl (C=O) groups excluding carboxylic acids is 2.